The van der Waals surface area contributed by atoms with Crippen LogP contribution in [0.25, 0.3) is 0 Å². The molecule has 0 fully saturated rings. The molecule has 3 aromatic rings. The fraction of sp³-hybridized carbons (Fsp3) is 0.136. The number of hydrogen-bond acceptors (Lipinski definition) is 5. The minimum Gasteiger partial charge on any atom is -0.494 e. The molecule has 32 heavy (non-hydrogen) atoms. The van der Waals surface area contributed by atoms with Crippen LogP contribution in [0.15, 0.2) is 65.6 Å². The number of nitrogens with one attached hydrogen (secondary N) is 1. The number of benzene rings is 3. The normalized spacial score (nSPS) is 11.1. The first-order valence-electron chi connectivity index (χ1n) is 9.32. The zero-order valence-corrected chi connectivity index (χ0v) is 18.5. The summed E-state index contributed by atoms with van der Waals surface area (Å²) in [6.07, 6.45) is 0.0155. The lowest BCUT2D eigenvalue weighted by molar-refractivity contribution is -0.115. The topological polar surface area (TPSA) is 108 Å². The predicted octanol–water partition coefficient (Wildman–Crippen LogP) is 3.90. The van der Waals surface area contributed by atoms with Crippen molar-refractivity contribution in [1.82, 2.24) is 0 Å². The Labute approximate surface area is 190 Å². The Hall–Kier alpha value is -3.14. The lowest BCUT2D eigenvalue weighted by Gasteiger charge is -2.13. The van der Waals surface area contributed by atoms with Crippen LogP contribution in [0.2, 0.25) is 5.02 Å². The average Bonchev–Trinajstić information content (AvgIpc) is 2.74. The molecule has 0 heterocycles. The Balaban J connectivity index is 1.77. The summed E-state index contributed by atoms with van der Waals surface area (Å²) in [5.41, 5.74) is 1.15. The lowest BCUT2D eigenvalue weighted by Crippen LogP contribution is -2.18. The highest BCUT2D eigenvalue weighted by Gasteiger charge is 2.17. The Bertz CT molecular complexity index is 1250. The van der Waals surface area contributed by atoms with E-state index in [4.69, 9.17) is 26.2 Å². The molecule has 0 saturated heterocycles. The molecular weight excluding hydrogens is 459 g/mol. The molecule has 10 heteroatoms. The molecular formula is C22H20ClFN2O5S. The van der Waals surface area contributed by atoms with Gasteiger partial charge in [-0.15, -0.1) is 0 Å². The van der Waals surface area contributed by atoms with Crippen LogP contribution < -0.4 is 19.9 Å². The number of primary sulfonamides is 1. The average molecular weight is 479 g/mol. The fourth-order valence-corrected chi connectivity index (χ4v) is 3.91. The molecule has 0 aromatic heterocycles. The van der Waals surface area contributed by atoms with E-state index in [0.29, 0.717) is 10.6 Å². The van der Waals surface area contributed by atoms with Crippen molar-refractivity contribution < 1.29 is 27.1 Å². The monoisotopic (exact) mass is 478 g/mol. The molecule has 0 aliphatic carbocycles. The first-order valence-corrected chi connectivity index (χ1v) is 11.2. The van der Waals surface area contributed by atoms with E-state index in [1.165, 1.54) is 43.5 Å². The van der Waals surface area contributed by atoms with Gasteiger partial charge in [-0.3, -0.25) is 4.79 Å². The van der Waals surface area contributed by atoms with Crippen molar-refractivity contribution in [3.8, 4) is 11.5 Å². The molecule has 3 rings (SSSR count). The second kappa shape index (κ2) is 9.99. The summed E-state index contributed by atoms with van der Waals surface area (Å²) < 4.78 is 48.2. The van der Waals surface area contributed by atoms with E-state index in [9.17, 15) is 17.6 Å². The van der Waals surface area contributed by atoms with Crippen LogP contribution >= 0.6 is 11.6 Å². The number of rotatable bonds is 8. The maximum atomic E-state index is 13.5. The van der Waals surface area contributed by atoms with Crippen LogP contribution in [-0.4, -0.2) is 21.4 Å². The summed E-state index contributed by atoms with van der Waals surface area (Å²) >= 11 is 6.07. The van der Waals surface area contributed by atoms with Crippen molar-refractivity contribution in [3.05, 3.63) is 82.6 Å². The van der Waals surface area contributed by atoms with Crippen LogP contribution in [0.4, 0.5) is 10.1 Å². The Morgan fingerprint density at radius 1 is 1.09 bits per heavy atom. The van der Waals surface area contributed by atoms with Crippen molar-refractivity contribution in [1.29, 1.82) is 0 Å². The van der Waals surface area contributed by atoms with Gasteiger partial charge in [-0.25, -0.2) is 17.9 Å². The van der Waals surface area contributed by atoms with Crippen molar-refractivity contribution in [2.45, 2.75) is 17.9 Å². The molecule has 168 valence electrons. The zero-order valence-electron chi connectivity index (χ0n) is 17.0. The first kappa shape index (κ1) is 23.5. The molecule has 1 amide bonds. The van der Waals surface area contributed by atoms with Gasteiger partial charge in [0.1, 0.15) is 12.4 Å². The second-order valence-corrected chi connectivity index (χ2v) is 8.71. The van der Waals surface area contributed by atoms with Crippen molar-refractivity contribution in [2.24, 2.45) is 5.14 Å². The maximum absolute atomic E-state index is 13.5. The largest absolute Gasteiger partial charge is 0.494 e. The molecule has 0 bridgehead atoms. The van der Waals surface area contributed by atoms with E-state index in [1.807, 2.05) is 0 Å². The quantitative estimate of drug-likeness (QED) is 0.510. The fourth-order valence-electron chi connectivity index (χ4n) is 2.93. The van der Waals surface area contributed by atoms with Crippen LogP contribution in [0.3, 0.4) is 0 Å². The molecule has 7 nitrogen and oxygen atoms in total. The smallest absolute Gasteiger partial charge is 0.238 e. The molecule has 0 aliphatic rings. The van der Waals surface area contributed by atoms with E-state index >= 15 is 0 Å². The number of hydrogen-bond donors (Lipinski definition) is 2. The summed E-state index contributed by atoms with van der Waals surface area (Å²) in [6.45, 7) is -0.158. The van der Waals surface area contributed by atoms with Gasteiger partial charge in [0.05, 0.1) is 18.4 Å². The van der Waals surface area contributed by atoms with E-state index < -0.39 is 15.8 Å². The van der Waals surface area contributed by atoms with Crippen LogP contribution in [0.5, 0.6) is 11.5 Å². The van der Waals surface area contributed by atoms with Gasteiger partial charge in [-0.2, -0.15) is 0 Å². The van der Waals surface area contributed by atoms with Gasteiger partial charge in [-0.1, -0.05) is 35.9 Å². The second-order valence-electron chi connectivity index (χ2n) is 6.77. The first-order chi connectivity index (χ1) is 15.2. The highest BCUT2D eigenvalue weighted by atomic mass is 35.5. The standard InChI is InChI=1S/C22H20ClFN2O5S/c1-30-20-12-17(8-9-19(20)24)31-13-15-6-7-16(11-21(15)32(25,28)29)26-22(27)10-14-4-2-3-5-18(14)23/h2-9,11-12H,10,13H2,1H3,(H,26,27)(H2,25,28,29). The Morgan fingerprint density at radius 3 is 2.53 bits per heavy atom. The van der Waals surface area contributed by atoms with Gasteiger partial charge in [0, 0.05) is 22.3 Å². The van der Waals surface area contributed by atoms with Crippen molar-refractivity contribution in [3.63, 3.8) is 0 Å². The molecule has 0 saturated carbocycles. The minimum atomic E-state index is -4.12. The molecule has 0 unspecified atom stereocenters. The van der Waals surface area contributed by atoms with Crippen molar-refractivity contribution >= 4 is 33.2 Å². The summed E-state index contributed by atoms with van der Waals surface area (Å²) in [4.78, 5) is 12.2. The number of anilines is 1. The summed E-state index contributed by atoms with van der Waals surface area (Å²) in [5, 5.41) is 8.44. The number of nitrogens with two attached hydrogens (primary N) is 1. The van der Waals surface area contributed by atoms with Gasteiger partial charge >= 0.3 is 0 Å². The number of carbonyl (C=O) groups is 1. The zero-order chi connectivity index (χ0) is 23.3. The van der Waals surface area contributed by atoms with Gasteiger partial charge in [0.25, 0.3) is 0 Å². The number of amides is 1. The van der Waals surface area contributed by atoms with E-state index in [-0.39, 0.29) is 46.6 Å². The number of halogens is 2. The maximum Gasteiger partial charge on any atom is 0.238 e. The van der Waals surface area contributed by atoms with Crippen molar-refractivity contribution in [2.75, 3.05) is 12.4 Å². The van der Waals surface area contributed by atoms with Gasteiger partial charge < -0.3 is 14.8 Å². The third kappa shape index (κ3) is 5.97. The van der Waals surface area contributed by atoms with Crippen LogP contribution in [0, 0.1) is 5.82 Å². The predicted molar refractivity (Wildman–Crippen MR) is 119 cm³/mol. The van der Waals surface area contributed by atoms with Gasteiger partial charge in [0.2, 0.25) is 15.9 Å². The van der Waals surface area contributed by atoms with Crippen LogP contribution in [0.1, 0.15) is 11.1 Å². The minimum absolute atomic E-state index is 0.00857. The Morgan fingerprint density at radius 2 is 1.84 bits per heavy atom. The lowest BCUT2D eigenvalue weighted by atomic mass is 10.1. The number of methoxy groups -OCH3 is 1. The molecule has 0 aliphatic heterocycles. The molecule has 0 radical (unpaired) electrons. The number of sulfonamides is 1. The number of ether oxygens (including phenoxy) is 2. The van der Waals surface area contributed by atoms with Crippen LogP contribution in [-0.2, 0) is 27.8 Å². The van der Waals surface area contributed by atoms with E-state index in [0.717, 1.165) is 0 Å². The third-order valence-electron chi connectivity index (χ3n) is 4.48. The van der Waals surface area contributed by atoms with Gasteiger partial charge in [-0.05, 0) is 35.9 Å². The number of carbonyl (C=O) groups excluding carboxylic acids is 1. The highest BCUT2D eigenvalue weighted by Crippen LogP contribution is 2.26. The summed E-state index contributed by atoms with van der Waals surface area (Å²) in [6, 6.07) is 15.1. The molecule has 3 aromatic carbocycles. The highest BCUT2D eigenvalue weighted by molar-refractivity contribution is 7.89. The Kier molecular flexibility index (Phi) is 7.34. The van der Waals surface area contributed by atoms with E-state index in [1.54, 1.807) is 24.3 Å². The molecule has 0 atom stereocenters. The summed E-state index contributed by atoms with van der Waals surface area (Å²) in [7, 11) is -2.80. The molecule has 0 spiro atoms. The van der Waals surface area contributed by atoms with Gasteiger partial charge in [0.15, 0.2) is 11.6 Å². The molecule has 3 N–H and O–H groups in total. The SMILES string of the molecule is COc1cc(OCc2ccc(NC(=O)Cc3ccccc3Cl)cc2S(N)(=O)=O)ccc1F. The summed E-state index contributed by atoms with van der Waals surface area (Å²) in [5.74, 6) is -0.658. The third-order valence-corrected chi connectivity index (χ3v) is 5.85. The van der Waals surface area contributed by atoms with E-state index in [2.05, 4.69) is 5.32 Å².